The molecule has 1 aliphatic rings. The Kier molecular flexibility index (Phi) is 6.51. The zero-order chi connectivity index (χ0) is 15.8. The van der Waals surface area contributed by atoms with Crippen LogP contribution in [-0.2, 0) is 14.2 Å². The van der Waals surface area contributed by atoms with Gasteiger partial charge in [-0.25, -0.2) is 0 Å². The molecule has 1 aromatic rings. The van der Waals surface area contributed by atoms with Crippen LogP contribution in [0.4, 0.5) is 5.69 Å². The van der Waals surface area contributed by atoms with Crippen LogP contribution in [0.2, 0.25) is 0 Å². The normalized spacial score (nSPS) is 19.7. The molecule has 0 N–H and O–H groups in total. The quantitative estimate of drug-likeness (QED) is 0.318. The largest absolute Gasteiger partial charge is 0.355 e. The maximum atomic E-state index is 10.6. The van der Waals surface area contributed by atoms with Crippen LogP contribution < -0.4 is 0 Å². The lowest BCUT2D eigenvalue weighted by Crippen LogP contribution is -2.13. The third-order valence-corrected chi connectivity index (χ3v) is 3.34. The lowest BCUT2D eigenvalue weighted by molar-refractivity contribution is -0.384. The zero-order valence-electron chi connectivity index (χ0n) is 12.7. The highest BCUT2D eigenvalue weighted by molar-refractivity contribution is 5.55. The molecule has 0 bridgehead atoms. The molecule has 6 heteroatoms. The maximum absolute atomic E-state index is 10.6. The second-order valence-electron chi connectivity index (χ2n) is 5.14. The van der Waals surface area contributed by atoms with Crippen LogP contribution in [0, 0.1) is 10.1 Å². The van der Waals surface area contributed by atoms with Gasteiger partial charge in [-0.15, -0.1) is 0 Å². The minimum Gasteiger partial charge on any atom is -0.355 e. The van der Waals surface area contributed by atoms with Gasteiger partial charge >= 0.3 is 0 Å². The summed E-state index contributed by atoms with van der Waals surface area (Å²) >= 11 is 0. The van der Waals surface area contributed by atoms with Gasteiger partial charge in [0.1, 0.15) is 6.79 Å². The predicted octanol–water partition coefficient (Wildman–Crippen LogP) is 3.52. The number of unbranched alkanes of at least 4 members (excludes halogenated alkanes) is 1. The van der Waals surface area contributed by atoms with E-state index in [-0.39, 0.29) is 18.8 Å². The highest BCUT2D eigenvalue weighted by Crippen LogP contribution is 2.23. The molecule has 0 aromatic heterocycles. The van der Waals surface area contributed by atoms with Crippen molar-refractivity contribution in [3.8, 4) is 0 Å². The van der Waals surface area contributed by atoms with Gasteiger partial charge in [0, 0.05) is 25.2 Å². The van der Waals surface area contributed by atoms with Crippen LogP contribution in [0.25, 0.3) is 6.08 Å². The van der Waals surface area contributed by atoms with E-state index < -0.39 is 4.92 Å². The molecule has 2 rings (SSSR count). The van der Waals surface area contributed by atoms with Crippen molar-refractivity contribution < 1.29 is 19.1 Å². The van der Waals surface area contributed by atoms with E-state index in [1.807, 2.05) is 6.08 Å². The molecule has 0 unspecified atom stereocenters. The third-order valence-electron chi connectivity index (χ3n) is 3.34. The Hall–Kier alpha value is -1.76. The van der Waals surface area contributed by atoms with Crippen molar-refractivity contribution in [2.24, 2.45) is 0 Å². The monoisotopic (exact) mass is 307 g/mol. The van der Waals surface area contributed by atoms with E-state index in [0.29, 0.717) is 19.6 Å². The van der Waals surface area contributed by atoms with Crippen molar-refractivity contribution in [2.75, 3.05) is 20.0 Å². The molecule has 1 atom stereocenters. The van der Waals surface area contributed by atoms with Crippen LogP contribution in [0.3, 0.4) is 0 Å². The first-order valence-electron chi connectivity index (χ1n) is 7.44. The second kappa shape index (κ2) is 8.63. The van der Waals surface area contributed by atoms with E-state index in [4.69, 9.17) is 14.2 Å². The number of rotatable bonds is 8. The lowest BCUT2D eigenvalue weighted by atomic mass is 10.1. The first-order valence-corrected chi connectivity index (χ1v) is 7.44. The number of nitro benzene ring substituents is 1. The van der Waals surface area contributed by atoms with E-state index in [9.17, 15) is 10.1 Å². The molecule has 1 heterocycles. The number of hydrogen-bond donors (Lipinski definition) is 0. The summed E-state index contributed by atoms with van der Waals surface area (Å²) in [6.07, 6.45) is 4.52. The van der Waals surface area contributed by atoms with Crippen LogP contribution in [-0.4, -0.2) is 31.2 Å². The fraction of sp³-hybridized carbons (Fsp3) is 0.500. The summed E-state index contributed by atoms with van der Waals surface area (Å²) in [5, 5.41) is 10.6. The van der Waals surface area contributed by atoms with E-state index in [0.717, 1.165) is 24.0 Å². The van der Waals surface area contributed by atoms with Crippen LogP contribution in [0.1, 0.15) is 31.7 Å². The summed E-state index contributed by atoms with van der Waals surface area (Å²) in [5.41, 5.74) is 2.12. The minimum atomic E-state index is -0.405. The Labute approximate surface area is 129 Å². The van der Waals surface area contributed by atoms with Crippen LogP contribution >= 0.6 is 0 Å². The lowest BCUT2D eigenvalue weighted by Gasteiger charge is -2.10. The Morgan fingerprint density at radius 1 is 1.41 bits per heavy atom. The van der Waals surface area contributed by atoms with Gasteiger partial charge in [0.05, 0.1) is 11.5 Å². The van der Waals surface area contributed by atoms with E-state index in [1.165, 1.54) is 12.1 Å². The van der Waals surface area contributed by atoms with E-state index >= 15 is 0 Å². The number of nitro groups is 1. The predicted molar refractivity (Wildman–Crippen MR) is 82.2 cm³/mol. The Balaban J connectivity index is 1.78. The molecule has 1 aromatic carbocycles. The third kappa shape index (κ3) is 5.22. The first-order chi connectivity index (χ1) is 10.7. The van der Waals surface area contributed by atoms with Crippen molar-refractivity contribution in [1.82, 2.24) is 0 Å². The van der Waals surface area contributed by atoms with Crippen LogP contribution in [0.5, 0.6) is 0 Å². The molecule has 1 saturated heterocycles. The summed E-state index contributed by atoms with van der Waals surface area (Å²) in [7, 11) is 0. The van der Waals surface area contributed by atoms with Gasteiger partial charge in [-0.3, -0.25) is 10.1 Å². The van der Waals surface area contributed by atoms with Crippen LogP contribution in [0.15, 0.2) is 29.8 Å². The molecule has 6 nitrogen and oxygen atoms in total. The minimum absolute atomic E-state index is 0.0928. The fourth-order valence-corrected chi connectivity index (χ4v) is 2.10. The smallest absolute Gasteiger partial charge is 0.269 e. The summed E-state index contributed by atoms with van der Waals surface area (Å²) in [5.74, 6) is 0. The van der Waals surface area contributed by atoms with Crippen molar-refractivity contribution in [3.63, 3.8) is 0 Å². The van der Waals surface area contributed by atoms with Gasteiger partial charge in [0.15, 0.2) is 6.29 Å². The second-order valence-corrected chi connectivity index (χ2v) is 5.14. The summed E-state index contributed by atoms with van der Waals surface area (Å²) in [6, 6.07) is 6.45. The molecule has 0 spiro atoms. The average molecular weight is 307 g/mol. The number of ether oxygens (including phenoxy) is 3. The topological polar surface area (TPSA) is 70.8 Å². The SMILES string of the molecule is CCCCOCO[C@@H]1C/C(=C/c2ccc([N+](=O)[O-])cc2)CO1. The van der Waals surface area contributed by atoms with Gasteiger partial charge in [0.25, 0.3) is 5.69 Å². The number of non-ortho nitro benzene ring substituents is 1. The molecule has 120 valence electrons. The molecule has 1 fully saturated rings. The van der Waals surface area contributed by atoms with Gasteiger partial charge in [-0.2, -0.15) is 0 Å². The van der Waals surface area contributed by atoms with E-state index in [1.54, 1.807) is 12.1 Å². The van der Waals surface area contributed by atoms with Crippen molar-refractivity contribution in [3.05, 3.63) is 45.5 Å². The van der Waals surface area contributed by atoms with Gasteiger partial charge < -0.3 is 14.2 Å². The Morgan fingerprint density at radius 2 is 2.18 bits per heavy atom. The Morgan fingerprint density at radius 3 is 2.86 bits per heavy atom. The molecular formula is C16H21NO5. The summed E-state index contributed by atoms with van der Waals surface area (Å²) in [6.45, 7) is 3.57. The van der Waals surface area contributed by atoms with Gasteiger partial charge in [-0.1, -0.05) is 19.4 Å². The molecule has 0 saturated carbocycles. The van der Waals surface area contributed by atoms with Gasteiger partial charge in [0.2, 0.25) is 0 Å². The first kappa shape index (κ1) is 16.6. The molecule has 0 amide bonds. The highest BCUT2D eigenvalue weighted by Gasteiger charge is 2.20. The number of nitrogens with zero attached hydrogens (tertiary/aromatic N) is 1. The Bertz CT molecular complexity index is 512. The maximum Gasteiger partial charge on any atom is 0.269 e. The summed E-state index contributed by atoms with van der Waals surface area (Å²) < 4.78 is 16.4. The van der Waals surface area contributed by atoms with Crippen molar-refractivity contribution >= 4 is 11.8 Å². The molecule has 22 heavy (non-hydrogen) atoms. The van der Waals surface area contributed by atoms with E-state index in [2.05, 4.69) is 6.92 Å². The molecule has 0 aliphatic carbocycles. The highest BCUT2D eigenvalue weighted by atomic mass is 16.7. The van der Waals surface area contributed by atoms with Crippen molar-refractivity contribution in [2.45, 2.75) is 32.5 Å². The fourth-order valence-electron chi connectivity index (χ4n) is 2.10. The van der Waals surface area contributed by atoms with Gasteiger partial charge in [-0.05, 0) is 29.7 Å². The number of benzene rings is 1. The summed E-state index contributed by atoms with van der Waals surface area (Å²) in [4.78, 5) is 10.2. The molecule has 0 radical (unpaired) electrons. The molecular weight excluding hydrogens is 286 g/mol. The standard InChI is InChI=1S/C16H21NO5/c1-2-3-8-20-12-22-16-10-14(11-21-16)9-13-4-6-15(7-5-13)17(18)19/h4-7,9,16H,2-3,8,10-12H2,1H3/b14-9-/t16-/m1/s1. The zero-order valence-corrected chi connectivity index (χ0v) is 12.7. The number of hydrogen-bond acceptors (Lipinski definition) is 5. The van der Waals surface area contributed by atoms with Crippen molar-refractivity contribution in [1.29, 1.82) is 0 Å². The molecule has 1 aliphatic heterocycles. The average Bonchev–Trinajstić information content (AvgIpc) is 2.95.